The minimum absolute atomic E-state index is 0.0181. The molecule has 2 aromatic carbocycles. The second-order valence-electron chi connectivity index (χ2n) is 5.39. The molecule has 8 heteroatoms. The van der Waals surface area contributed by atoms with Crippen molar-refractivity contribution in [2.45, 2.75) is 6.61 Å². The number of oxazole rings is 1. The van der Waals surface area contributed by atoms with Crippen LogP contribution in [0.2, 0.25) is 0 Å². The Balaban J connectivity index is 1.43. The molecule has 2 aromatic heterocycles. The first-order chi connectivity index (χ1) is 12.8. The summed E-state index contributed by atoms with van der Waals surface area (Å²) < 4.78 is 12.2. The van der Waals surface area contributed by atoms with Gasteiger partial charge < -0.3 is 9.15 Å². The number of aromatic nitrogens is 5. The van der Waals surface area contributed by atoms with Crippen LogP contribution in [-0.2, 0) is 11.3 Å². The zero-order valence-electron chi connectivity index (χ0n) is 13.5. The lowest BCUT2D eigenvalue weighted by molar-refractivity contribution is 0.0467. The Morgan fingerprint density at radius 2 is 2.00 bits per heavy atom. The molecule has 0 amide bonds. The molecule has 26 heavy (non-hydrogen) atoms. The van der Waals surface area contributed by atoms with E-state index >= 15 is 0 Å². The highest BCUT2D eigenvalue weighted by molar-refractivity contribution is 5.90. The van der Waals surface area contributed by atoms with Crippen molar-refractivity contribution >= 4 is 5.97 Å². The maximum Gasteiger partial charge on any atom is 0.338 e. The van der Waals surface area contributed by atoms with Gasteiger partial charge in [0.2, 0.25) is 5.89 Å². The van der Waals surface area contributed by atoms with E-state index in [1.54, 1.807) is 24.3 Å². The topological polar surface area (TPSA) is 95.9 Å². The number of tetrazole rings is 1. The fraction of sp³-hybridized carbons (Fsp3) is 0.0556. The van der Waals surface area contributed by atoms with Gasteiger partial charge in [-0.05, 0) is 40.8 Å². The standard InChI is InChI=1S/C18H13N5O3/c24-18(14-7-4-8-16(9-14)23-12-19-21-22-23)26-11-15-10-25-17(20-15)13-5-2-1-3-6-13/h1-10,12H,11H2. The highest BCUT2D eigenvalue weighted by atomic mass is 16.5. The first kappa shape index (κ1) is 15.7. The molecule has 0 atom stereocenters. The molecule has 4 rings (SSSR count). The van der Waals surface area contributed by atoms with Gasteiger partial charge in [0.15, 0.2) is 0 Å². The smallest absolute Gasteiger partial charge is 0.338 e. The van der Waals surface area contributed by atoms with Gasteiger partial charge in [0.25, 0.3) is 0 Å². The molecule has 0 aliphatic heterocycles. The van der Waals surface area contributed by atoms with Crippen LogP contribution >= 0.6 is 0 Å². The van der Waals surface area contributed by atoms with Gasteiger partial charge >= 0.3 is 5.97 Å². The van der Waals surface area contributed by atoms with E-state index in [9.17, 15) is 4.79 Å². The Kier molecular flexibility index (Phi) is 4.21. The largest absolute Gasteiger partial charge is 0.455 e. The molecule has 0 unspecified atom stereocenters. The van der Waals surface area contributed by atoms with E-state index in [-0.39, 0.29) is 6.61 Å². The normalized spacial score (nSPS) is 10.6. The van der Waals surface area contributed by atoms with Crippen molar-refractivity contribution in [1.82, 2.24) is 25.2 Å². The van der Waals surface area contributed by atoms with Gasteiger partial charge in [-0.1, -0.05) is 24.3 Å². The number of esters is 1. The molecule has 0 aliphatic rings. The van der Waals surface area contributed by atoms with E-state index < -0.39 is 5.97 Å². The van der Waals surface area contributed by atoms with E-state index in [0.717, 1.165) is 5.56 Å². The van der Waals surface area contributed by atoms with Gasteiger partial charge in [-0.2, -0.15) is 0 Å². The number of carbonyl (C=O) groups excluding carboxylic acids is 1. The van der Waals surface area contributed by atoms with Gasteiger partial charge in [0, 0.05) is 5.56 Å². The average molecular weight is 347 g/mol. The van der Waals surface area contributed by atoms with Crippen molar-refractivity contribution < 1.29 is 13.9 Å². The first-order valence-electron chi connectivity index (χ1n) is 7.80. The number of benzene rings is 2. The zero-order valence-corrected chi connectivity index (χ0v) is 13.5. The summed E-state index contributed by atoms with van der Waals surface area (Å²) >= 11 is 0. The second-order valence-corrected chi connectivity index (χ2v) is 5.39. The van der Waals surface area contributed by atoms with Crippen molar-refractivity contribution in [2.75, 3.05) is 0 Å². The van der Waals surface area contributed by atoms with E-state index in [1.807, 2.05) is 30.3 Å². The van der Waals surface area contributed by atoms with Crippen LogP contribution in [-0.4, -0.2) is 31.2 Å². The summed E-state index contributed by atoms with van der Waals surface area (Å²) in [7, 11) is 0. The Morgan fingerprint density at radius 3 is 2.81 bits per heavy atom. The number of nitrogens with zero attached hydrogens (tertiary/aromatic N) is 5. The number of hydrogen-bond acceptors (Lipinski definition) is 7. The van der Waals surface area contributed by atoms with Crippen molar-refractivity contribution in [3.8, 4) is 17.1 Å². The lowest BCUT2D eigenvalue weighted by atomic mass is 10.2. The third-order valence-electron chi connectivity index (χ3n) is 3.62. The van der Waals surface area contributed by atoms with Crippen LogP contribution in [0.1, 0.15) is 16.1 Å². The molecular weight excluding hydrogens is 334 g/mol. The van der Waals surface area contributed by atoms with Crippen molar-refractivity contribution in [2.24, 2.45) is 0 Å². The summed E-state index contributed by atoms with van der Waals surface area (Å²) in [5.41, 5.74) is 2.45. The molecule has 0 saturated heterocycles. The average Bonchev–Trinajstić information content (AvgIpc) is 3.39. The van der Waals surface area contributed by atoms with E-state index in [0.29, 0.717) is 22.8 Å². The molecular formula is C18H13N5O3. The molecule has 0 saturated carbocycles. The molecule has 0 aliphatic carbocycles. The third-order valence-corrected chi connectivity index (χ3v) is 3.62. The number of hydrogen-bond donors (Lipinski definition) is 0. The van der Waals surface area contributed by atoms with Gasteiger partial charge in [0.05, 0.1) is 11.3 Å². The molecule has 0 spiro atoms. The van der Waals surface area contributed by atoms with E-state index in [2.05, 4.69) is 20.5 Å². The van der Waals surface area contributed by atoms with Crippen molar-refractivity contribution in [3.05, 3.63) is 78.4 Å². The van der Waals surface area contributed by atoms with Gasteiger partial charge in [-0.15, -0.1) is 5.10 Å². The Morgan fingerprint density at radius 1 is 1.12 bits per heavy atom. The van der Waals surface area contributed by atoms with Crippen molar-refractivity contribution in [3.63, 3.8) is 0 Å². The fourth-order valence-corrected chi connectivity index (χ4v) is 2.36. The monoisotopic (exact) mass is 347 g/mol. The molecule has 2 heterocycles. The van der Waals surface area contributed by atoms with Crippen LogP contribution in [0.4, 0.5) is 0 Å². The zero-order chi connectivity index (χ0) is 17.8. The van der Waals surface area contributed by atoms with Crippen LogP contribution in [0.25, 0.3) is 17.1 Å². The Labute approximate surface area is 148 Å². The quantitative estimate of drug-likeness (QED) is 0.512. The molecule has 0 radical (unpaired) electrons. The lowest BCUT2D eigenvalue weighted by Gasteiger charge is -2.04. The Bertz CT molecular complexity index is 1010. The highest BCUT2D eigenvalue weighted by Crippen LogP contribution is 2.18. The van der Waals surface area contributed by atoms with Crippen LogP contribution in [0, 0.1) is 0 Å². The highest BCUT2D eigenvalue weighted by Gasteiger charge is 2.12. The molecule has 0 bridgehead atoms. The third kappa shape index (κ3) is 3.34. The summed E-state index contributed by atoms with van der Waals surface area (Å²) in [5, 5.41) is 10.9. The molecule has 0 N–H and O–H groups in total. The Hall–Kier alpha value is -3.81. The number of rotatable bonds is 5. The second kappa shape index (κ2) is 6.98. The van der Waals surface area contributed by atoms with Crippen LogP contribution in [0.5, 0.6) is 0 Å². The maximum atomic E-state index is 12.3. The minimum atomic E-state index is -0.468. The molecule has 8 nitrogen and oxygen atoms in total. The lowest BCUT2D eigenvalue weighted by Crippen LogP contribution is -2.06. The molecule has 4 aromatic rings. The predicted molar refractivity (Wildman–Crippen MR) is 90.2 cm³/mol. The summed E-state index contributed by atoms with van der Waals surface area (Å²) in [4.78, 5) is 16.6. The number of ether oxygens (including phenoxy) is 1. The SMILES string of the molecule is O=C(OCc1coc(-c2ccccc2)n1)c1cccc(-n2cnnn2)c1. The van der Waals surface area contributed by atoms with Crippen LogP contribution in [0.3, 0.4) is 0 Å². The molecule has 0 fully saturated rings. The summed E-state index contributed by atoms with van der Waals surface area (Å²) in [6.45, 7) is 0.0181. The first-order valence-corrected chi connectivity index (χ1v) is 7.80. The fourth-order valence-electron chi connectivity index (χ4n) is 2.36. The van der Waals surface area contributed by atoms with E-state index in [1.165, 1.54) is 17.3 Å². The van der Waals surface area contributed by atoms with Crippen LogP contribution < -0.4 is 0 Å². The maximum absolute atomic E-state index is 12.3. The number of carbonyl (C=O) groups is 1. The van der Waals surface area contributed by atoms with Crippen LogP contribution in [0.15, 0.2) is 71.6 Å². The summed E-state index contributed by atoms with van der Waals surface area (Å²) in [6, 6.07) is 16.3. The predicted octanol–water partition coefficient (Wildman–Crippen LogP) is 2.67. The minimum Gasteiger partial charge on any atom is -0.455 e. The van der Waals surface area contributed by atoms with E-state index in [4.69, 9.17) is 9.15 Å². The van der Waals surface area contributed by atoms with Gasteiger partial charge in [-0.3, -0.25) is 0 Å². The van der Waals surface area contributed by atoms with Crippen molar-refractivity contribution in [1.29, 1.82) is 0 Å². The van der Waals surface area contributed by atoms with Gasteiger partial charge in [-0.25, -0.2) is 14.5 Å². The summed E-state index contributed by atoms with van der Waals surface area (Å²) in [6.07, 6.45) is 2.93. The molecule has 128 valence electrons. The van der Waals surface area contributed by atoms with Gasteiger partial charge in [0.1, 0.15) is 24.9 Å². The summed E-state index contributed by atoms with van der Waals surface area (Å²) in [5.74, 6) is 0.0153.